The van der Waals surface area contributed by atoms with E-state index in [4.69, 9.17) is 0 Å². The van der Waals surface area contributed by atoms with E-state index in [1.807, 2.05) is 4.90 Å². The first-order valence-electron chi connectivity index (χ1n) is 9.62. The van der Waals surface area contributed by atoms with Crippen LogP contribution in [0, 0.1) is 23.5 Å². The maximum absolute atomic E-state index is 13.9. The van der Waals surface area contributed by atoms with Crippen LogP contribution in [0.4, 0.5) is 8.78 Å². The number of fused-ring (bicyclic) bond motifs is 1. The van der Waals surface area contributed by atoms with Crippen molar-refractivity contribution in [3.8, 4) is 0 Å². The Morgan fingerprint density at radius 2 is 1.96 bits per heavy atom. The van der Waals surface area contributed by atoms with Gasteiger partial charge in [-0.25, -0.2) is 8.78 Å². The number of amides is 1. The molecule has 26 heavy (non-hydrogen) atoms. The van der Waals surface area contributed by atoms with E-state index in [0.717, 1.165) is 31.4 Å². The first-order valence-corrected chi connectivity index (χ1v) is 9.62. The molecule has 0 bridgehead atoms. The van der Waals surface area contributed by atoms with Gasteiger partial charge in [0.1, 0.15) is 11.6 Å². The molecule has 4 rings (SSSR count). The molecule has 1 saturated carbocycles. The molecule has 3 fully saturated rings. The molecule has 0 unspecified atom stereocenters. The lowest BCUT2D eigenvalue weighted by atomic mass is 9.74. The number of likely N-dealkylation sites (tertiary alicyclic amines) is 2. The Kier molecular flexibility index (Phi) is 4.73. The molecule has 1 aromatic rings. The van der Waals surface area contributed by atoms with Gasteiger partial charge in [-0.15, -0.1) is 0 Å². The first-order chi connectivity index (χ1) is 12.4. The van der Waals surface area contributed by atoms with Crippen LogP contribution in [0.1, 0.15) is 37.7 Å². The van der Waals surface area contributed by atoms with E-state index < -0.39 is 17.2 Å². The monoisotopic (exact) mass is 364 g/mol. The van der Waals surface area contributed by atoms with E-state index in [0.29, 0.717) is 51.1 Å². The molecule has 2 saturated heterocycles. The fraction of sp³-hybridized carbons (Fsp3) is 0.650. The summed E-state index contributed by atoms with van der Waals surface area (Å²) in [5.74, 6) is -0.484. The van der Waals surface area contributed by atoms with Crippen LogP contribution in [0.2, 0.25) is 0 Å². The van der Waals surface area contributed by atoms with Crippen molar-refractivity contribution in [1.82, 2.24) is 9.80 Å². The van der Waals surface area contributed by atoms with Crippen molar-refractivity contribution in [3.63, 3.8) is 0 Å². The number of carbonyl (C=O) groups is 1. The number of nitrogens with zero attached hydrogens (tertiary/aromatic N) is 2. The minimum atomic E-state index is -0.743. The SMILES string of the molecule is O=C(C1CCC1)N1CC[C@]2(O)CCN(Cc3cc(F)ccc3F)C[C@@H]2C1. The van der Waals surface area contributed by atoms with E-state index in [1.54, 1.807) is 0 Å². The molecule has 2 aliphatic heterocycles. The summed E-state index contributed by atoms with van der Waals surface area (Å²) in [6, 6.07) is 3.52. The molecule has 1 aliphatic carbocycles. The largest absolute Gasteiger partial charge is 0.389 e. The van der Waals surface area contributed by atoms with Crippen LogP contribution in [0.25, 0.3) is 0 Å². The average molecular weight is 364 g/mol. The van der Waals surface area contributed by atoms with Gasteiger partial charge >= 0.3 is 0 Å². The third-order valence-corrected chi connectivity index (χ3v) is 6.52. The Balaban J connectivity index is 1.42. The molecule has 1 N–H and O–H groups in total. The van der Waals surface area contributed by atoms with Crippen LogP contribution in [0.5, 0.6) is 0 Å². The maximum Gasteiger partial charge on any atom is 0.225 e. The van der Waals surface area contributed by atoms with Crippen molar-refractivity contribution in [2.75, 3.05) is 26.2 Å². The Morgan fingerprint density at radius 1 is 1.19 bits per heavy atom. The fourth-order valence-corrected chi connectivity index (χ4v) is 4.53. The van der Waals surface area contributed by atoms with Crippen LogP contribution in [-0.4, -0.2) is 52.6 Å². The third-order valence-electron chi connectivity index (χ3n) is 6.52. The minimum absolute atomic E-state index is 0.0364. The van der Waals surface area contributed by atoms with Gasteiger partial charge in [-0.05, 0) is 43.9 Å². The Bertz CT molecular complexity index is 694. The van der Waals surface area contributed by atoms with E-state index >= 15 is 0 Å². The van der Waals surface area contributed by atoms with Crippen molar-refractivity contribution in [3.05, 3.63) is 35.4 Å². The van der Waals surface area contributed by atoms with E-state index in [9.17, 15) is 18.7 Å². The summed E-state index contributed by atoms with van der Waals surface area (Å²) in [6.07, 6.45) is 4.31. The summed E-state index contributed by atoms with van der Waals surface area (Å²) in [4.78, 5) is 16.5. The molecule has 4 nitrogen and oxygen atoms in total. The second kappa shape index (κ2) is 6.89. The lowest BCUT2D eigenvalue weighted by Gasteiger charge is -2.51. The molecule has 0 radical (unpaired) electrons. The standard InChI is InChI=1S/C20H26F2N2O2/c21-17-4-5-18(22)15(10-17)11-23-8-6-20(26)7-9-24(13-16(20)12-23)19(25)14-2-1-3-14/h4-5,10,14,16,26H,1-3,6-9,11-13H2/t16-,20-/m1/s1. The Hall–Kier alpha value is -1.53. The van der Waals surface area contributed by atoms with Crippen molar-refractivity contribution >= 4 is 5.91 Å². The van der Waals surface area contributed by atoms with Crippen molar-refractivity contribution in [2.24, 2.45) is 11.8 Å². The van der Waals surface area contributed by atoms with Gasteiger partial charge in [0.25, 0.3) is 0 Å². The van der Waals surface area contributed by atoms with Gasteiger partial charge in [0, 0.05) is 50.1 Å². The predicted octanol–water partition coefficient (Wildman–Crippen LogP) is 2.55. The second-order valence-electron chi connectivity index (χ2n) is 8.18. The lowest BCUT2D eigenvalue weighted by Crippen LogP contribution is -2.61. The van der Waals surface area contributed by atoms with Crippen LogP contribution in [0.3, 0.4) is 0 Å². The smallest absolute Gasteiger partial charge is 0.225 e. The Morgan fingerprint density at radius 3 is 2.69 bits per heavy atom. The number of benzene rings is 1. The normalized spacial score (nSPS) is 30.0. The van der Waals surface area contributed by atoms with Crippen LogP contribution in [-0.2, 0) is 11.3 Å². The van der Waals surface area contributed by atoms with Gasteiger partial charge < -0.3 is 10.0 Å². The van der Waals surface area contributed by atoms with Crippen molar-refractivity contribution in [2.45, 2.75) is 44.2 Å². The van der Waals surface area contributed by atoms with Crippen molar-refractivity contribution in [1.29, 1.82) is 0 Å². The molecule has 1 aromatic carbocycles. The highest BCUT2D eigenvalue weighted by molar-refractivity contribution is 5.79. The quantitative estimate of drug-likeness (QED) is 0.897. The predicted molar refractivity (Wildman–Crippen MR) is 93.2 cm³/mol. The van der Waals surface area contributed by atoms with E-state index in [1.165, 1.54) is 6.07 Å². The molecule has 2 heterocycles. The van der Waals surface area contributed by atoms with Gasteiger partial charge in [-0.2, -0.15) is 0 Å². The number of carbonyl (C=O) groups excluding carboxylic acids is 1. The molecular formula is C20H26F2N2O2. The molecule has 2 atom stereocenters. The number of piperidine rings is 2. The highest BCUT2D eigenvalue weighted by atomic mass is 19.1. The van der Waals surface area contributed by atoms with Gasteiger partial charge in [0.05, 0.1) is 5.60 Å². The molecule has 142 valence electrons. The topological polar surface area (TPSA) is 43.8 Å². The zero-order valence-corrected chi connectivity index (χ0v) is 15.0. The second-order valence-corrected chi connectivity index (χ2v) is 8.18. The van der Waals surface area contributed by atoms with Crippen molar-refractivity contribution < 1.29 is 18.7 Å². The average Bonchev–Trinajstić information content (AvgIpc) is 2.56. The lowest BCUT2D eigenvalue weighted by molar-refractivity contribution is -0.153. The summed E-state index contributed by atoms with van der Waals surface area (Å²) >= 11 is 0. The zero-order chi connectivity index (χ0) is 18.3. The molecule has 3 aliphatic rings. The zero-order valence-electron chi connectivity index (χ0n) is 15.0. The molecule has 0 aromatic heterocycles. The number of rotatable bonds is 3. The first kappa shape index (κ1) is 17.9. The summed E-state index contributed by atoms with van der Waals surface area (Å²) < 4.78 is 27.4. The number of halogens is 2. The van der Waals surface area contributed by atoms with Gasteiger partial charge in [0.15, 0.2) is 0 Å². The summed E-state index contributed by atoms with van der Waals surface area (Å²) in [7, 11) is 0. The van der Waals surface area contributed by atoms with Crippen LogP contribution in [0.15, 0.2) is 18.2 Å². The summed E-state index contributed by atoms with van der Waals surface area (Å²) in [5, 5.41) is 11.0. The molecule has 1 amide bonds. The number of aliphatic hydroxyl groups is 1. The van der Waals surface area contributed by atoms with Gasteiger partial charge in [0.2, 0.25) is 5.91 Å². The maximum atomic E-state index is 13.9. The van der Waals surface area contributed by atoms with Crippen LogP contribution < -0.4 is 0 Å². The van der Waals surface area contributed by atoms with E-state index in [-0.39, 0.29) is 17.7 Å². The summed E-state index contributed by atoms with van der Waals surface area (Å²) in [5.41, 5.74) is -0.401. The summed E-state index contributed by atoms with van der Waals surface area (Å²) in [6.45, 7) is 2.77. The molecular weight excluding hydrogens is 338 g/mol. The van der Waals surface area contributed by atoms with Crippen LogP contribution >= 0.6 is 0 Å². The fourth-order valence-electron chi connectivity index (χ4n) is 4.53. The van der Waals surface area contributed by atoms with E-state index in [2.05, 4.69) is 4.90 Å². The Labute approximate surface area is 152 Å². The molecule has 0 spiro atoms. The highest BCUT2D eigenvalue weighted by Crippen LogP contribution is 2.38. The number of hydrogen-bond acceptors (Lipinski definition) is 3. The highest BCUT2D eigenvalue weighted by Gasteiger charge is 2.46. The molecule has 6 heteroatoms. The van der Waals surface area contributed by atoms with Gasteiger partial charge in [-0.3, -0.25) is 9.69 Å². The minimum Gasteiger partial charge on any atom is -0.389 e. The van der Waals surface area contributed by atoms with Gasteiger partial charge in [-0.1, -0.05) is 6.42 Å². The number of hydrogen-bond donors (Lipinski definition) is 1. The third kappa shape index (κ3) is 3.37.